The molecule has 0 aromatic heterocycles. The molecule has 0 N–H and O–H groups in total. The number of methoxy groups -OCH3 is 1. The van der Waals surface area contributed by atoms with Crippen LogP contribution in [0.3, 0.4) is 0 Å². The second-order valence-electron chi connectivity index (χ2n) is 6.06. The second kappa shape index (κ2) is 13.4. The van der Waals surface area contributed by atoms with Gasteiger partial charge in [0, 0.05) is 25.1 Å². The summed E-state index contributed by atoms with van der Waals surface area (Å²) in [7, 11) is 1.54. The van der Waals surface area contributed by atoms with E-state index in [-0.39, 0.29) is 12.5 Å². The van der Waals surface area contributed by atoms with Gasteiger partial charge in [-0.25, -0.2) is 18.8 Å². The van der Waals surface area contributed by atoms with Crippen LogP contribution in [0.4, 0.5) is 8.78 Å². The Morgan fingerprint density at radius 2 is 2.06 bits per heavy atom. The summed E-state index contributed by atoms with van der Waals surface area (Å²) in [5, 5.41) is 0. The Balaban J connectivity index is 0.00000233. The summed E-state index contributed by atoms with van der Waals surface area (Å²) in [6, 6.07) is 4.89. The Labute approximate surface area is 190 Å². The lowest BCUT2D eigenvalue weighted by Crippen LogP contribution is -2.33. The zero-order valence-electron chi connectivity index (χ0n) is 17.6. The summed E-state index contributed by atoms with van der Waals surface area (Å²) in [5.74, 6) is 0.713. The third-order valence-corrected chi connectivity index (χ3v) is 4.63. The molecule has 0 unspecified atom stereocenters. The first kappa shape index (κ1) is 26.1. The van der Waals surface area contributed by atoms with Crippen molar-refractivity contribution in [1.82, 2.24) is 4.90 Å². The molecule has 31 heavy (non-hydrogen) atoms. The molecular weight excluding hydrogens is 468 g/mol. The summed E-state index contributed by atoms with van der Waals surface area (Å²) in [6.07, 6.45) is 10.7. The molecule has 1 heterocycles. The number of nitrogens with zero attached hydrogens (tertiary/aromatic N) is 5. The molecule has 0 radical (unpaired) electrons. The minimum atomic E-state index is -0.663. The van der Waals surface area contributed by atoms with Crippen molar-refractivity contribution >= 4 is 40.5 Å². The van der Waals surface area contributed by atoms with Crippen LogP contribution < -0.4 is 0 Å². The normalized spacial score (nSPS) is 16.9. The molecule has 0 saturated heterocycles. The molecule has 0 atom stereocenters. The van der Waals surface area contributed by atoms with Crippen molar-refractivity contribution < 1.29 is 13.5 Å². The van der Waals surface area contributed by atoms with Gasteiger partial charge in [0.05, 0.1) is 16.7 Å². The van der Waals surface area contributed by atoms with Crippen molar-refractivity contribution in [2.24, 2.45) is 20.0 Å². The van der Waals surface area contributed by atoms with Gasteiger partial charge in [0.15, 0.2) is 5.84 Å². The Hall–Kier alpha value is -2.96. The molecule has 2 rings (SSSR count). The first-order chi connectivity index (χ1) is 14.9. The summed E-state index contributed by atoms with van der Waals surface area (Å²) in [6.45, 7) is 6.89. The maximum Gasteiger partial charge on any atom is 0.160 e. The molecular formula is C22H24BrF2N5O. The molecule has 1 aliphatic heterocycles. The van der Waals surface area contributed by atoms with E-state index < -0.39 is 6.67 Å². The van der Waals surface area contributed by atoms with Crippen molar-refractivity contribution in [2.45, 2.75) is 20.4 Å². The minimum Gasteiger partial charge on any atom is -0.362 e. The molecule has 9 heteroatoms. The van der Waals surface area contributed by atoms with E-state index in [1.165, 1.54) is 19.4 Å². The van der Waals surface area contributed by atoms with E-state index in [4.69, 9.17) is 4.74 Å². The molecule has 0 aliphatic carbocycles. The van der Waals surface area contributed by atoms with Gasteiger partial charge in [-0.05, 0) is 54.2 Å². The summed E-state index contributed by atoms with van der Waals surface area (Å²) in [5.41, 5.74) is 2.52. The van der Waals surface area contributed by atoms with Gasteiger partial charge in [-0.1, -0.05) is 6.07 Å². The van der Waals surface area contributed by atoms with E-state index in [2.05, 4.69) is 55.5 Å². The molecule has 0 spiro atoms. The summed E-state index contributed by atoms with van der Waals surface area (Å²) >= 11 is 3.16. The van der Waals surface area contributed by atoms with Crippen LogP contribution in [0, 0.1) is 18.7 Å². The number of hydrogen-bond donors (Lipinski definition) is 0. The van der Waals surface area contributed by atoms with Crippen molar-refractivity contribution in [2.75, 3.05) is 20.5 Å². The molecule has 0 bridgehead atoms. The fourth-order valence-electron chi connectivity index (χ4n) is 2.58. The number of terminal acetylenes is 1. The zero-order valence-corrected chi connectivity index (χ0v) is 19.2. The van der Waals surface area contributed by atoms with Crippen LogP contribution in [0.15, 0.2) is 65.8 Å². The quantitative estimate of drug-likeness (QED) is 0.382. The SMILES string of the molecule is C#C.C=N/C(C)=C1N=C(/C(C)=C/N=CCF)N(Cc2ccc(Br)c(F)c2)C/1=N/COC. The van der Waals surface area contributed by atoms with Gasteiger partial charge in [0.1, 0.15) is 30.8 Å². The Morgan fingerprint density at radius 1 is 1.35 bits per heavy atom. The molecule has 6 nitrogen and oxygen atoms in total. The van der Waals surface area contributed by atoms with E-state index in [1.807, 2.05) is 4.90 Å². The highest BCUT2D eigenvalue weighted by molar-refractivity contribution is 9.10. The standard InChI is InChI=1S/C20H22BrF2N5O.C2H2/c1-13(10-25-8-7-22)19-27-18(14(2)24-3)20(26-12-29-4)28(19)11-15-5-6-16(21)17(23)9-15;1-2/h5-6,8-10H,3,7,11-12H2,1-2,4H3;1-2H/b13-10+,18-14+,25-8?,26-20+;. The highest BCUT2D eigenvalue weighted by atomic mass is 79.9. The van der Waals surface area contributed by atoms with Crippen LogP contribution in [0.5, 0.6) is 0 Å². The number of ether oxygens (including phenoxy) is 1. The topological polar surface area (TPSA) is 61.9 Å². The Bertz CT molecular complexity index is 964. The van der Waals surface area contributed by atoms with Crippen molar-refractivity contribution in [3.63, 3.8) is 0 Å². The number of halogens is 3. The molecule has 164 valence electrons. The van der Waals surface area contributed by atoms with Gasteiger partial charge < -0.3 is 9.64 Å². The van der Waals surface area contributed by atoms with E-state index in [9.17, 15) is 8.78 Å². The number of allylic oxidation sites excluding steroid dienone is 1. The highest BCUT2D eigenvalue weighted by Crippen LogP contribution is 2.27. The fourth-order valence-corrected chi connectivity index (χ4v) is 2.83. The Kier molecular flexibility index (Phi) is 11.2. The molecule has 1 aliphatic rings. The maximum absolute atomic E-state index is 14.0. The predicted octanol–water partition coefficient (Wildman–Crippen LogP) is 4.93. The lowest BCUT2D eigenvalue weighted by molar-refractivity contribution is 0.208. The van der Waals surface area contributed by atoms with Crippen molar-refractivity contribution in [1.29, 1.82) is 0 Å². The monoisotopic (exact) mass is 491 g/mol. The van der Waals surface area contributed by atoms with Crippen LogP contribution >= 0.6 is 15.9 Å². The average Bonchev–Trinajstić information content (AvgIpc) is 3.13. The predicted molar refractivity (Wildman–Crippen MR) is 127 cm³/mol. The largest absolute Gasteiger partial charge is 0.362 e. The van der Waals surface area contributed by atoms with Crippen molar-refractivity contribution in [3.05, 3.63) is 57.2 Å². The minimum absolute atomic E-state index is 0.111. The first-order valence-electron chi connectivity index (χ1n) is 9.02. The van der Waals surface area contributed by atoms with Crippen LogP contribution in [0.25, 0.3) is 0 Å². The van der Waals surface area contributed by atoms with Gasteiger partial charge in [0.2, 0.25) is 0 Å². The number of amidine groups is 2. The van der Waals surface area contributed by atoms with Gasteiger partial charge in [-0.2, -0.15) is 0 Å². The third-order valence-electron chi connectivity index (χ3n) is 3.98. The number of hydrogen-bond acceptors (Lipinski definition) is 5. The highest BCUT2D eigenvalue weighted by Gasteiger charge is 2.30. The van der Waals surface area contributed by atoms with E-state index in [0.29, 0.717) is 45.2 Å². The first-order valence-corrected chi connectivity index (χ1v) is 9.81. The van der Waals surface area contributed by atoms with Gasteiger partial charge in [-0.15, -0.1) is 12.8 Å². The lowest BCUT2D eigenvalue weighted by Gasteiger charge is -2.22. The average molecular weight is 492 g/mol. The fraction of sp³-hybridized carbons (Fsp3) is 0.273. The van der Waals surface area contributed by atoms with Crippen LogP contribution in [-0.4, -0.2) is 50.0 Å². The Morgan fingerprint density at radius 3 is 2.65 bits per heavy atom. The summed E-state index contributed by atoms with van der Waals surface area (Å²) < 4.78 is 31.9. The lowest BCUT2D eigenvalue weighted by atomic mass is 10.2. The molecule has 1 aromatic rings. The second-order valence-corrected chi connectivity index (χ2v) is 6.91. The van der Waals surface area contributed by atoms with Crippen LogP contribution in [0.1, 0.15) is 19.4 Å². The molecule has 1 aromatic carbocycles. The maximum atomic E-state index is 14.0. The smallest absolute Gasteiger partial charge is 0.160 e. The van der Waals surface area contributed by atoms with E-state index in [1.54, 1.807) is 26.0 Å². The third kappa shape index (κ3) is 7.05. The molecule has 0 fully saturated rings. The number of aliphatic imine (C=N–C) groups is 4. The van der Waals surface area contributed by atoms with Gasteiger partial charge in [-0.3, -0.25) is 9.98 Å². The van der Waals surface area contributed by atoms with Gasteiger partial charge >= 0.3 is 0 Å². The van der Waals surface area contributed by atoms with Crippen LogP contribution in [0.2, 0.25) is 0 Å². The number of alkyl halides is 1. The number of rotatable bonds is 8. The van der Waals surface area contributed by atoms with E-state index >= 15 is 0 Å². The van der Waals surface area contributed by atoms with Crippen LogP contribution in [-0.2, 0) is 11.3 Å². The number of benzene rings is 1. The van der Waals surface area contributed by atoms with Crippen molar-refractivity contribution in [3.8, 4) is 12.8 Å². The zero-order chi connectivity index (χ0) is 23.4. The molecule has 0 amide bonds. The summed E-state index contributed by atoms with van der Waals surface area (Å²) in [4.78, 5) is 18.8. The molecule has 0 saturated carbocycles. The van der Waals surface area contributed by atoms with E-state index in [0.717, 1.165) is 6.21 Å². The van der Waals surface area contributed by atoms with Gasteiger partial charge in [0.25, 0.3) is 0 Å².